The number of anilines is 2. The second-order valence-corrected chi connectivity index (χ2v) is 10.4. The first-order valence-corrected chi connectivity index (χ1v) is 12.1. The number of rotatable bonds is 6. The fraction of sp³-hybridized carbons (Fsp3) is 0.321. The summed E-state index contributed by atoms with van der Waals surface area (Å²) in [5, 5.41) is 7.35. The molecule has 0 bridgehead atoms. The Morgan fingerprint density at radius 1 is 1.22 bits per heavy atom. The van der Waals surface area contributed by atoms with Crippen LogP contribution in [0, 0.1) is 0 Å². The lowest BCUT2D eigenvalue weighted by Gasteiger charge is -2.33. The van der Waals surface area contributed by atoms with E-state index in [1.54, 1.807) is 40.0 Å². The first-order chi connectivity index (χ1) is 17.1. The van der Waals surface area contributed by atoms with Crippen LogP contribution in [0.4, 0.5) is 15.9 Å². The maximum atomic E-state index is 14.7. The van der Waals surface area contributed by atoms with Gasteiger partial charge in [0.15, 0.2) is 0 Å². The van der Waals surface area contributed by atoms with Crippen molar-refractivity contribution in [3.8, 4) is 5.69 Å². The average molecular weight is 487 g/mol. The number of hydrogen-bond acceptors (Lipinski definition) is 5. The number of fused-ring (bicyclic) bond motifs is 2. The van der Waals surface area contributed by atoms with Crippen LogP contribution in [0.25, 0.3) is 16.6 Å². The van der Waals surface area contributed by atoms with Gasteiger partial charge in [-0.15, -0.1) is 6.58 Å². The zero-order valence-corrected chi connectivity index (χ0v) is 21.1. The molecule has 0 unspecified atom stereocenters. The van der Waals surface area contributed by atoms with Crippen molar-refractivity contribution >= 4 is 22.4 Å². The molecule has 0 radical (unpaired) electrons. The molecule has 1 aromatic carbocycles. The average Bonchev–Trinajstić information content (AvgIpc) is 3.09. The first kappa shape index (κ1) is 23.9. The summed E-state index contributed by atoms with van der Waals surface area (Å²) in [4.78, 5) is 21.9. The summed E-state index contributed by atoms with van der Waals surface area (Å²) in [6, 6.07) is 11.7. The number of nitrogens with one attached hydrogen (secondary N) is 2. The molecule has 8 heteroatoms. The summed E-state index contributed by atoms with van der Waals surface area (Å²) in [6.07, 6.45) is 4.80. The Labute approximate surface area is 209 Å². The van der Waals surface area contributed by atoms with Gasteiger partial charge in [0.1, 0.15) is 11.5 Å². The molecule has 0 spiro atoms. The number of halogens is 1. The number of aromatic nitrogens is 4. The molecule has 3 aromatic heterocycles. The van der Waals surface area contributed by atoms with Crippen LogP contribution >= 0.6 is 0 Å². The maximum Gasteiger partial charge on any atom is 0.276 e. The van der Waals surface area contributed by atoms with E-state index in [-0.39, 0.29) is 16.7 Å². The second kappa shape index (κ2) is 8.71. The van der Waals surface area contributed by atoms with Gasteiger partial charge in [-0.25, -0.2) is 18.7 Å². The Balaban J connectivity index is 1.60. The van der Waals surface area contributed by atoms with Gasteiger partial charge in [0.05, 0.1) is 28.8 Å². The first-order valence-electron chi connectivity index (χ1n) is 12.1. The molecule has 0 amide bonds. The molecule has 2 N–H and O–H groups in total. The van der Waals surface area contributed by atoms with Crippen LogP contribution in [0.1, 0.15) is 44.5 Å². The Kier molecular flexibility index (Phi) is 5.79. The van der Waals surface area contributed by atoms with Gasteiger partial charge in [0.2, 0.25) is 0 Å². The van der Waals surface area contributed by atoms with Crippen molar-refractivity contribution in [2.75, 3.05) is 11.9 Å². The summed E-state index contributed by atoms with van der Waals surface area (Å²) < 4.78 is 18.0. The van der Waals surface area contributed by atoms with Crippen molar-refractivity contribution in [1.29, 1.82) is 0 Å². The lowest BCUT2D eigenvalue weighted by atomic mass is 9.79. The van der Waals surface area contributed by atoms with E-state index in [0.717, 1.165) is 18.8 Å². The van der Waals surface area contributed by atoms with Crippen molar-refractivity contribution in [2.24, 2.45) is 0 Å². The van der Waals surface area contributed by atoms with Gasteiger partial charge in [-0.05, 0) is 49.2 Å². The fourth-order valence-electron chi connectivity index (χ4n) is 4.89. The predicted molar refractivity (Wildman–Crippen MR) is 142 cm³/mol. The highest BCUT2D eigenvalue weighted by molar-refractivity contribution is 5.83. The number of alkyl halides is 1. The molecule has 0 atom stereocenters. The quantitative estimate of drug-likeness (QED) is 0.371. The fourth-order valence-corrected chi connectivity index (χ4v) is 4.89. The van der Waals surface area contributed by atoms with E-state index < -0.39 is 5.67 Å². The van der Waals surface area contributed by atoms with Gasteiger partial charge in [0, 0.05) is 42.7 Å². The van der Waals surface area contributed by atoms with Crippen molar-refractivity contribution < 1.29 is 4.39 Å². The third-order valence-corrected chi connectivity index (χ3v) is 6.70. The molecular weight excluding hydrogens is 455 g/mol. The highest BCUT2D eigenvalue weighted by Crippen LogP contribution is 2.32. The highest BCUT2D eigenvalue weighted by Gasteiger charge is 2.27. The highest BCUT2D eigenvalue weighted by atomic mass is 19.1. The van der Waals surface area contributed by atoms with E-state index in [9.17, 15) is 9.18 Å². The van der Waals surface area contributed by atoms with E-state index in [1.165, 1.54) is 25.0 Å². The summed E-state index contributed by atoms with van der Waals surface area (Å²) in [5.74, 6) is 0.607. The van der Waals surface area contributed by atoms with Crippen LogP contribution in [0.3, 0.4) is 0 Å². The molecule has 0 saturated carbocycles. The number of benzene rings is 1. The van der Waals surface area contributed by atoms with Crippen LogP contribution in [0.15, 0.2) is 66.2 Å². The molecule has 0 aliphatic carbocycles. The molecule has 36 heavy (non-hydrogen) atoms. The van der Waals surface area contributed by atoms with Crippen LogP contribution in [0.2, 0.25) is 0 Å². The molecule has 1 aliphatic rings. The number of allylic oxidation sites excluding steroid dienone is 1. The molecule has 0 fully saturated rings. The molecule has 4 heterocycles. The van der Waals surface area contributed by atoms with Crippen LogP contribution < -0.4 is 16.2 Å². The molecule has 186 valence electrons. The number of pyridine rings is 2. The summed E-state index contributed by atoms with van der Waals surface area (Å²) in [5.41, 5.74) is 3.37. The van der Waals surface area contributed by atoms with Crippen molar-refractivity contribution in [3.63, 3.8) is 0 Å². The van der Waals surface area contributed by atoms with Crippen LogP contribution in [-0.4, -0.2) is 25.9 Å². The second-order valence-electron chi connectivity index (χ2n) is 10.4. The van der Waals surface area contributed by atoms with Gasteiger partial charge in [-0.1, -0.05) is 26.0 Å². The van der Waals surface area contributed by atoms with Gasteiger partial charge in [-0.3, -0.25) is 9.78 Å². The van der Waals surface area contributed by atoms with E-state index in [1.807, 2.05) is 6.07 Å². The van der Waals surface area contributed by atoms with Crippen molar-refractivity contribution in [1.82, 2.24) is 24.6 Å². The zero-order chi connectivity index (χ0) is 25.7. The van der Waals surface area contributed by atoms with Crippen molar-refractivity contribution in [2.45, 2.75) is 51.9 Å². The molecule has 0 saturated heterocycles. The minimum atomic E-state index is -1.62. The van der Waals surface area contributed by atoms with Gasteiger partial charge in [0.25, 0.3) is 5.56 Å². The Morgan fingerprint density at radius 3 is 2.78 bits per heavy atom. The lowest BCUT2D eigenvalue weighted by molar-refractivity contribution is 0.214. The lowest BCUT2D eigenvalue weighted by Crippen LogP contribution is -2.38. The molecule has 5 rings (SSSR count). The zero-order valence-electron chi connectivity index (χ0n) is 21.1. The largest absolute Gasteiger partial charge is 0.340 e. The smallest absolute Gasteiger partial charge is 0.276 e. The predicted octanol–water partition coefficient (Wildman–Crippen LogP) is 5.10. The van der Waals surface area contributed by atoms with Gasteiger partial charge in [-0.2, -0.15) is 0 Å². The van der Waals surface area contributed by atoms with E-state index in [4.69, 9.17) is 0 Å². The normalized spacial score (nSPS) is 15.0. The Hall–Kier alpha value is -3.78. The van der Waals surface area contributed by atoms with Gasteiger partial charge >= 0.3 is 0 Å². The monoisotopic (exact) mass is 486 g/mol. The molecule has 7 nitrogen and oxygen atoms in total. The summed E-state index contributed by atoms with van der Waals surface area (Å²) in [7, 11) is 0. The van der Waals surface area contributed by atoms with E-state index >= 15 is 0 Å². The third-order valence-electron chi connectivity index (χ3n) is 6.70. The Morgan fingerprint density at radius 2 is 2.03 bits per heavy atom. The molecular formula is C28H31FN6O. The summed E-state index contributed by atoms with van der Waals surface area (Å²) in [6.45, 7) is 13.3. The standard InChI is InChI=1S/C28H31FN6O/c1-6-11-34-26(36)21-16-32-25(33-19-7-8-22-18(12-19)15-30-17-27(22,2)3)14-23(21)35(34)20-9-10-31-24(13-20)28(4,5)29/h6-10,12-14,16,30H,1,11,15,17H2,2-5H3,(H,32,33). The minimum absolute atomic E-state index is 0.0744. The van der Waals surface area contributed by atoms with Crippen LogP contribution in [0.5, 0.6) is 0 Å². The van der Waals surface area contributed by atoms with Gasteiger partial charge < -0.3 is 10.6 Å². The van der Waals surface area contributed by atoms with E-state index in [2.05, 4.69) is 59.2 Å². The summed E-state index contributed by atoms with van der Waals surface area (Å²) >= 11 is 0. The van der Waals surface area contributed by atoms with Crippen LogP contribution in [-0.2, 0) is 24.2 Å². The number of hydrogen-bond donors (Lipinski definition) is 2. The molecule has 4 aromatic rings. The maximum absolute atomic E-state index is 14.7. The topological polar surface area (TPSA) is 76.8 Å². The number of nitrogens with zero attached hydrogens (tertiary/aromatic N) is 4. The third kappa shape index (κ3) is 4.22. The molecule has 1 aliphatic heterocycles. The Bertz CT molecular complexity index is 1530. The van der Waals surface area contributed by atoms with Crippen molar-refractivity contribution in [3.05, 3.63) is 88.6 Å². The SMILES string of the molecule is C=CCn1c(=O)c2cnc(Nc3ccc4c(c3)CNCC4(C)C)cc2n1-c1ccnc(C(C)(C)F)c1. The van der Waals surface area contributed by atoms with E-state index in [0.29, 0.717) is 29.0 Å². The minimum Gasteiger partial charge on any atom is -0.340 e.